The fourth-order valence-corrected chi connectivity index (χ4v) is 12.7. The number of hydrogen-bond acceptors (Lipinski definition) is 12. The molecule has 0 atom stereocenters. The van der Waals surface area contributed by atoms with Crippen molar-refractivity contribution in [1.29, 1.82) is 0 Å². The smallest absolute Gasteiger partial charge is 0.331 e. The zero-order chi connectivity index (χ0) is 83.8. The zero-order valence-corrected chi connectivity index (χ0v) is 64.2. The van der Waals surface area contributed by atoms with Crippen molar-refractivity contribution >= 4 is 70.5 Å². The van der Waals surface area contributed by atoms with E-state index in [9.17, 15) is 57.5 Å². The third-order valence-electron chi connectivity index (χ3n) is 18.7. The van der Waals surface area contributed by atoms with Crippen LogP contribution in [-0.2, 0) is 102 Å². The number of hydrogen-bond donors (Lipinski definition) is 6. The highest BCUT2D eigenvalue weighted by molar-refractivity contribution is 6.01. The highest BCUT2D eigenvalue weighted by Gasteiger charge is 2.22. The molecule has 0 bridgehead atoms. The van der Waals surface area contributed by atoms with E-state index < -0.39 is 35.8 Å². The standard InChI is InChI=1S/C37H32O6.C31H28O6.C30H26O6/c1-24(36(40)41)20-33(38)22-26-8-12-30(13-9-26)35(32-18-16-29(17-19-32)28-6-4-3-5-7-28)31-14-10-27(11-15-31)23-34(39)21-25(2)37(42)43;1-2-21-3-9-24(10-4-21)31(25-11-5-22(6-12-25)19-27(32)15-17-29(34)35)26-13-7-23(8-14-26)20-28(33)16-18-30(36)37;1-20-2-8-23(9-3-20)30(24-10-4-21(5-11-24)18-26(31)14-16-28(33)34)25-12-6-22(7-13-25)19-27(32)15-17-29(35)36/h3-21,35H,22-23H2,1-2H3,(H,40,41)(H,42,43);3-18,31H,2,19-20H2,1H3,(H,34,35)(H,36,37);2-17,30H,18-19H2,1H3,(H,33,34)(H,35,36)/b24-20+,25-21+;17-15+,18-16+;16-14+,17-15+. The Hall–Kier alpha value is -14.5. The molecule has 0 saturated carbocycles. The van der Waals surface area contributed by atoms with Crippen LogP contribution in [0.4, 0.5) is 0 Å². The fourth-order valence-electron chi connectivity index (χ4n) is 12.7. The summed E-state index contributed by atoms with van der Waals surface area (Å²) in [6.45, 7) is 6.91. The molecular formula is C98H86O18. The van der Waals surface area contributed by atoms with Crippen LogP contribution in [0.3, 0.4) is 0 Å². The lowest BCUT2D eigenvalue weighted by molar-refractivity contribution is -0.133. The summed E-state index contributed by atoms with van der Waals surface area (Å²) in [6, 6.07) is 81.2. The van der Waals surface area contributed by atoms with Crippen molar-refractivity contribution in [2.24, 2.45) is 0 Å². The average molecular weight is 1550 g/mol. The molecule has 18 nitrogen and oxygen atoms in total. The predicted molar refractivity (Wildman–Crippen MR) is 443 cm³/mol. The Kier molecular flexibility index (Phi) is 32.5. The zero-order valence-electron chi connectivity index (χ0n) is 64.2. The molecule has 116 heavy (non-hydrogen) atoms. The molecule has 0 saturated heterocycles. The van der Waals surface area contributed by atoms with Crippen LogP contribution >= 0.6 is 0 Å². The largest absolute Gasteiger partial charge is 0.478 e. The molecular weight excluding hydrogens is 1470 g/mol. The first-order chi connectivity index (χ1) is 55.6. The Morgan fingerprint density at radius 2 is 0.448 bits per heavy atom. The predicted octanol–water partition coefficient (Wildman–Crippen LogP) is 16.4. The second-order valence-electron chi connectivity index (χ2n) is 27.6. The van der Waals surface area contributed by atoms with Gasteiger partial charge in [0.1, 0.15) is 0 Å². The highest BCUT2D eigenvalue weighted by Crippen LogP contribution is 2.37. The van der Waals surface area contributed by atoms with Gasteiger partial charge >= 0.3 is 35.8 Å². The quantitative estimate of drug-likeness (QED) is 0.0159. The SMILES string of the molecule is C/C(=C\C(=O)Cc1ccc(C(c2ccc(CC(=O)/C=C(\C)C(=O)O)cc2)c2ccc(-c3ccccc3)cc2)cc1)C(=O)O.CCc1ccc(C(c2ccc(CC(=O)/C=C/C(=O)O)cc2)c2ccc(CC(=O)/C=C/C(=O)O)cc2)cc1.Cc1ccc(C(c2ccc(CC(=O)/C=C/C(=O)O)cc2)c2ccc(CC(=O)/C=C/C(=O)O)cc2)cc1. The summed E-state index contributed by atoms with van der Waals surface area (Å²) >= 11 is 0. The first-order valence-electron chi connectivity index (χ1n) is 37.0. The minimum absolute atomic E-state index is 0.00109. The number of carboxylic acids is 6. The summed E-state index contributed by atoms with van der Waals surface area (Å²) in [7, 11) is 0. The van der Waals surface area contributed by atoms with Crippen LogP contribution in [0, 0.1) is 6.92 Å². The van der Waals surface area contributed by atoms with Crippen LogP contribution in [0.15, 0.2) is 321 Å². The topological polar surface area (TPSA) is 326 Å². The van der Waals surface area contributed by atoms with E-state index in [-0.39, 0.29) is 102 Å². The van der Waals surface area contributed by atoms with Crippen LogP contribution in [0.25, 0.3) is 11.1 Å². The van der Waals surface area contributed by atoms with Gasteiger partial charge in [0, 0.05) is 91.7 Å². The van der Waals surface area contributed by atoms with Gasteiger partial charge in [0.15, 0.2) is 34.7 Å². The van der Waals surface area contributed by atoms with Crippen LogP contribution in [0.1, 0.15) is 133 Å². The van der Waals surface area contributed by atoms with Gasteiger partial charge in [0.25, 0.3) is 0 Å². The normalized spacial score (nSPS) is 11.5. The van der Waals surface area contributed by atoms with E-state index in [1.807, 2.05) is 183 Å². The summed E-state index contributed by atoms with van der Waals surface area (Å²) in [5, 5.41) is 52.9. The number of carbonyl (C=O) groups is 12. The van der Waals surface area contributed by atoms with Crippen molar-refractivity contribution in [3.05, 3.63) is 415 Å². The van der Waals surface area contributed by atoms with Gasteiger partial charge in [-0.3, -0.25) is 28.8 Å². The number of ketones is 6. The van der Waals surface area contributed by atoms with Gasteiger partial charge in [-0.2, -0.15) is 0 Å². The molecule has 0 fully saturated rings. The third kappa shape index (κ3) is 28.0. The minimum Gasteiger partial charge on any atom is -0.478 e. The van der Waals surface area contributed by atoms with Crippen LogP contribution in [-0.4, -0.2) is 101 Å². The van der Waals surface area contributed by atoms with E-state index in [0.717, 1.165) is 167 Å². The van der Waals surface area contributed by atoms with Gasteiger partial charge in [-0.05, 0) is 164 Å². The molecule has 0 aromatic heterocycles. The Bertz CT molecular complexity index is 5110. The maximum absolute atomic E-state index is 12.3. The average Bonchev–Trinajstić information content (AvgIpc) is 0.813. The fraction of sp³-hybridized carbons (Fsp3) is 0.143. The van der Waals surface area contributed by atoms with Crippen LogP contribution in [0.5, 0.6) is 0 Å². The van der Waals surface area contributed by atoms with E-state index in [1.54, 1.807) is 0 Å². The molecule has 0 heterocycles. The first kappa shape index (κ1) is 87.1. The molecule has 0 aliphatic carbocycles. The summed E-state index contributed by atoms with van der Waals surface area (Å²) < 4.78 is 0. The van der Waals surface area contributed by atoms with E-state index >= 15 is 0 Å². The van der Waals surface area contributed by atoms with Crippen molar-refractivity contribution in [2.75, 3.05) is 0 Å². The minimum atomic E-state index is -1.16. The van der Waals surface area contributed by atoms with E-state index in [4.69, 9.17) is 30.6 Å². The molecule has 10 aromatic rings. The maximum Gasteiger partial charge on any atom is 0.331 e. The molecule has 0 radical (unpaired) electrons. The third-order valence-corrected chi connectivity index (χ3v) is 18.7. The summed E-state index contributed by atoms with van der Waals surface area (Å²) in [5.41, 5.74) is 18.6. The summed E-state index contributed by atoms with van der Waals surface area (Å²) in [5.74, 6) is -8.89. The van der Waals surface area contributed by atoms with Gasteiger partial charge in [0.2, 0.25) is 0 Å². The van der Waals surface area contributed by atoms with Crippen molar-refractivity contribution in [1.82, 2.24) is 0 Å². The molecule has 0 spiro atoms. The molecule has 0 unspecified atom stereocenters. The second kappa shape index (κ2) is 43.3. The Labute approximate surface area is 671 Å². The van der Waals surface area contributed by atoms with Crippen molar-refractivity contribution in [3.8, 4) is 11.1 Å². The maximum atomic E-state index is 12.3. The van der Waals surface area contributed by atoms with Gasteiger partial charge < -0.3 is 30.6 Å². The molecule has 18 heteroatoms. The molecule has 0 aliphatic rings. The lowest BCUT2D eigenvalue weighted by atomic mass is 9.83. The van der Waals surface area contributed by atoms with Crippen molar-refractivity contribution < 1.29 is 88.2 Å². The monoisotopic (exact) mass is 1550 g/mol. The van der Waals surface area contributed by atoms with Gasteiger partial charge in [0.05, 0.1) is 0 Å². The number of carboxylic acid groups (broad SMARTS) is 6. The molecule has 0 aliphatic heterocycles. The Balaban J connectivity index is 0.000000219. The van der Waals surface area contributed by atoms with E-state index in [0.29, 0.717) is 0 Å². The Morgan fingerprint density at radius 1 is 0.250 bits per heavy atom. The van der Waals surface area contributed by atoms with Gasteiger partial charge in [-0.25, -0.2) is 28.8 Å². The number of benzene rings is 10. The van der Waals surface area contributed by atoms with Gasteiger partial charge in [-0.15, -0.1) is 0 Å². The highest BCUT2D eigenvalue weighted by atomic mass is 16.4. The number of allylic oxidation sites excluding steroid dienone is 6. The lowest BCUT2D eigenvalue weighted by Gasteiger charge is -2.20. The summed E-state index contributed by atoms with van der Waals surface area (Å²) in [4.78, 5) is 137. The Morgan fingerprint density at radius 3 is 0.664 bits per heavy atom. The van der Waals surface area contributed by atoms with Crippen molar-refractivity contribution in [3.63, 3.8) is 0 Å². The van der Waals surface area contributed by atoms with Crippen molar-refractivity contribution in [2.45, 2.75) is 90.4 Å². The molecule has 10 aromatic carbocycles. The van der Waals surface area contributed by atoms with Crippen LogP contribution in [0.2, 0.25) is 0 Å². The van der Waals surface area contributed by atoms with E-state index in [1.165, 1.54) is 19.4 Å². The summed E-state index contributed by atoms with van der Waals surface area (Å²) in [6.07, 6.45) is 11.5. The lowest BCUT2D eigenvalue weighted by Crippen LogP contribution is -2.07. The molecule has 6 N–H and O–H groups in total. The number of rotatable bonds is 35. The first-order valence-corrected chi connectivity index (χ1v) is 37.0. The molecule has 0 amide bonds. The molecule has 10 rings (SSSR count). The van der Waals surface area contributed by atoms with E-state index in [2.05, 4.69) is 79.7 Å². The van der Waals surface area contributed by atoms with Gasteiger partial charge in [-0.1, -0.05) is 261 Å². The number of carbonyl (C=O) groups excluding carboxylic acids is 6. The van der Waals surface area contributed by atoms with Crippen LogP contribution < -0.4 is 0 Å². The second-order valence-corrected chi connectivity index (χ2v) is 27.6. The number of aliphatic carboxylic acids is 6. The number of aryl methyl sites for hydroxylation is 2. The molecule has 586 valence electrons.